The van der Waals surface area contributed by atoms with Crippen LogP contribution in [0.25, 0.3) is 5.78 Å². The normalized spacial score (nSPS) is 12.5. The molecule has 2 heterocycles. The van der Waals surface area contributed by atoms with Crippen molar-refractivity contribution in [3.05, 3.63) is 53.9 Å². The smallest absolute Gasteiger partial charge is 0.253 e. The van der Waals surface area contributed by atoms with Gasteiger partial charge in [-0.2, -0.15) is 4.98 Å². The molecule has 0 bridgehead atoms. The van der Waals surface area contributed by atoms with Crippen molar-refractivity contribution < 1.29 is 4.79 Å². The maximum Gasteiger partial charge on any atom is 0.253 e. The van der Waals surface area contributed by atoms with Crippen LogP contribution in [0.15, 0.2) is 47.9 Å². The molecule has 3 aromatic rings. The van der Waals surface area contributed by atoms with E-state index in [1.807, 2.05) is 31.2 Å². The van der Waals surface area contributed by atoms with Crippen LogP contribution in [0.1, 0.15) is 29.8 Å². The van der Waals surface area contributed by atoms with Gasteiger partial charge in [-0.05, 0) is 25.0 Å². The molecule has 0 spiro atoms. The van der Waals surface area contributed by atoms with Gasteiger partial charge in [0, 0.05) is 18.0 Å². The van der Waals surface area contributed by atoms with E-state index >= 15 is 0 Å². The van der Waals surface area contributed by atoms with Crippen molar-refractivity contribution in [2.75, 3.05) is 0 Å². The molecule has 0 radical (unpaired) electrons. The summed E-state index contributed by atoms with van der Waals surface area (Å²) >= 11 is 1.35. The van der Waals surface area contributed by atoms with E-state index in [1.54, 1.807) is 23.0 Å². The average molecular weight is 312 g/mol. The Morgan fingerprint density at radius 3 is 2.77 bits per heavy atom. The van der Waals surface area contributed by atoms with Gasteiger partial charge in [0.05, 0.1) is 5.25 Å². The predicted octanol–water partition coefficient (Wildman–Crippen LogP) is 3.05. The molecule has 0 saturated carbocycles. The van der Waals surface area contributed by atoms with Crippen molar-refractivity contribution in [2.45, 2.75) is 30.7 Å². The largest absolute Gasteiger partial charge is 0.293 e. The monoisotopic (exact) mass is 312 g/mol. The van der Waals surface area contributed by atoms with Gasteiger partial charge in [0.15, 0.2) is 5.78 Å². The van der Waals surface area contributed by atoms with E-state index in [1.165, 1.54) is 17.3 Å². The molecule has 112 valence electrons. The Kier molecular flexibility index (Phi) is 4.20. The van der Waals surface area contributed by atoms with E-state index in [4.69, 9.17) is 0 Å². The number of ketones is 1. The fraction of sp³-hybridized carbons (Fsp3) is 0.250. The first-order valence-electron chi connectivity index (χ1n) is 7.14. The Morgan fingerprint density at radius 2 is 2.09 bits per heavy atom. The minimum Gasteiger partial charge on any atom is -0.293 e. The van der Waals surface area contributed by atoms with Gasteiger partial charge in [0.2, 0.25) is 5.16 Å². The van der Waals surface area contributed by atoms with Crippen molar-refractivity contribution >= 4 is 23.3 Å². The highest BCUT2D eigenvalue weighted by Crippen LogP contribution is 2.23. The van der Waals surface area contributed by atoms with Gasteiger partial charge < -0.3 is 0 Å². The molecule has 1 atom stereocenters. The number of rotatable bonds is 5. The lowest BCUT2D eigenvalue weighted by Crippen LogP contribution is -2.13. The number of fused-ring (bicyclic) bond motifs is 1. The minimum atomic E-state index is -0.245. The molecule has 1 unspecified atom stereocenters. The standard InChI is InChI=1S/C16H16N4OS/c1-3-12-5-7-13(8-6-12)14(21)11(2)22-16-18-15-17-9-4-10-20(15)19-16/h4-11H,3H2,1-2H3. The quantitative estimate of drug-likeness (QED) is 0.535. The van der Waals surface area contributed by atoms with Crippen molar-refractivity contribution in [2.24, 2.45) is 0 Å². The molecule has 0 fully saturated rings. The summed E-state index contributed by atoms with van der Waals surface area (Å²) in [4.78, 5) is 20.9. The Morgan fingerprint density at radius 1 is 1.32 bits per heavy atom. The van der Waals surface area contributed by atoms with Gasteiger partial charge in [0.1, 0.15) is 0 Å². The number of benzene rings is 1. The zero-order valence-electron chi connectivity index (χ0n) is 12.4. The summed E-state index contributed by atoms with van der Waals surface area (Å²) in [6, 6.07) is 9.56. The summed E-state index contributed by atoms with van der Waals surface area (Å²) in [6.07, 6.45) is 4.43. The molecule has 0 aliphatic heterocycles. The second-order valence-corrected chi connectivity index (χ2v) is 6.24. The number of carbonyl (C=O) groups excluding carboxylic acids is 1. The van der Waals surface area contributed by atoms with E-state index in [-0.39, 0.29) is 11.0 Å². The van der Waals surface area contributed by atoms with Crippen molar-refractivity contribution in [3.63, 3.8) is 0 Å². The third kappa shape index (κ3) is 3.01. The summed E-state index contributed by atoms with van der Waals surface area (Å²) in [5, 5.41) is 4.62. The number of aromatic nitrogens is 4. The summed E-state index contributed by atoms with van der Waals surface area (Å²) in [6.45, 7) is 3.97. The fourth-order valence-corrected chi connectivity index (χ4v) is 2.94. The average Bonchev–Trinajstić information content (AvgIpc) is 2.96. The molecule has 5 nitrogen and oxygen atoms in total. The molecule has 3 rings (SSSR count). The molecule has 1 aromatic carbocycles. The fourth-order valence-electron chi connectivity index (χ4n) is 2.11. The summed E-state index contributed by atoms with van der Waals surface area (Å²) in [7, 11) is 0. The second-order valence-electron chi connectivity index (χ2n) is 4.93. The second kappa shape index (κ2) is 6.27. The van der Waals surface area contributed by atoms with E-state index < -0.39 is 0 Å². The Hall–Kier alpha value is -2.21. The first kappa shape index (κ1) is 14.7. The van der Waals surface area contributed by atoms with E-state index in [9.17, 15) is 4.79 Å². The Balaban J connectivity index is 1.74. The molecule has 0 aliphatic carbocycles. The van der Waals surface area contributed by atoms with Crippen LogP contribution in [0.5, 0.6) is 0 Å². The first-order chi connectivity index (χ1) is 10.7. The number of nitrogens with zero attached hydrogens (tertiary/aromatic N) is 4. The molecular weight excluding hydrogens is 296 g/mol. The van der Waals surface area contributed by atoms with Crippen molar-refractivity contribution in [3.8, 4) is 0 Å². The van der Waals surface area contributed by atoms with Crippen LogP contribution < -0.4 is 0 Å². The summed E-state index contributed by atoms with van der Waals surface area (Å²) in [5.41, 5.74) is 1.95. The van der Waals surface area contributed by atoms with Crippen LogP contribution in [0.2, 0.25) is 0 Å². The van der Waals surface area contributed by atoms with Crippen LogP contribution >= 0.6 is 11.8 Å². The third-order valence-electron chi connectivity index (χ3n) is 3.40. The minimum absolute atomic E-state index is 0.0828. The van der Waals surface area contributed by atoms with E-state index in [0.717, 1.165) is 12.0 Å². The van der Waals surface area contributed by atoms with Crippen molar-refractivity contribution in [1.29, 1.82) is 0 Å². The highest BCUT2D eigenvalue weighted by molar-refractivity contribution is 8.00. The number of thioether (sulfide) groups is 1. The molecule has 0 saturated heterocycles. The number of aryl methyl sites for hydroxylation is 1. The maximum atomic E-state index is 12.5. The molecule has 0 aliphatic rings. The van der Waals surface area contributed by atoms with Crippen LogP contribution in [-0.2, 0) is 6.42 Å². The van der Waals surface area contributed by atoms with E-state index in [2.05, 4.69) is 22.0 Å². The van der Waals surface area contributed by atoms with Gasteiger partial charge in [0.25, 0.3) is 5.78 Å². The number of Topliss-reactive ketones (excluding diaryl/α,β-unsaturated/α-hetero) is 1. The molecule has 0 N–H and O–H groups in total. The molecule has 2 aromatic heterocycles. The zero-order valence-corrected chi connectivity index (χ0v) is 13.2. The summed E-state index contributed by atoms with van der Waals surface area (Å²) in [5.74, 6) is 0.622. The van der Waals surface area contributed by atoms with Crippen LogP contribution in [0.3, 0.4) is 0 Å². The van der Waals surface area contributed by atoms with Gasteiger partial charge >= 0.3 is 0 Å². The van der Waals surface area contributed by atoms with Gasteiger partial charge in [-0.1, -0.05) is 43.0 Å². The molecule has 22 heavy (non-hydrogen) atoms. The number of hydrogen-bond donors (Lipinski definition) is 0. The lowest BCUT2D eigenvalue weighted by Gasteiger charge is -2.08. The van der Waals surface area contributed by atoms with Gasteiger partial charge in [-0.3, -0.25) is 4.79 Å². The topological polar surface area (TPSA) is 60.2 Å². The van der Waals surface area contributed by atoms with E-state index in [0.29, 0.717) is 10.9 Å². The highest BCUT2D eigenvalue weighted by Gasteiger charge is 2.19. The van der Waals surface area contributed by atoms with Crippen LogP contribution in [0, 0.1) is 0 Å². The zero-order chi connectivity index (χ0) is 15.5. The molecule has 6 heteroatoms. The van der Waals surface area contributed by atoms with Crippen LogP contribution in [0.4, 0.5) is 0 Å². The third-order valence-corrected chi connectivity index (χ3v) is 4.35. The Labute approximate surface area is 132 Å². The lowest BCUT2D eigenvalue weighted by molar-refractivity contribution is 0.0994. The van der Waals surface area contributed by atoms with Crippen molar-refractivity contribution in [1.82, 2.24) is 19.6 Å². The Bertz CT molecular complexity index is 764. The first-order valence-corrected chi connectivity index (χ1v) is 8.02. The lowest BCUT2D eigenvalue weighted by atomic mass is 10.1. The maximum absolute atomic E-state index is 12.5. The molecule has 0 amide bonds. The van der Waals surface area contributed by atoms with Gasteiger partial charge in [-0.15, -0.1) is 5.10 Å². The summed E-state index contributed by atoms with van der Waals surface area (Å²) < 4.78 is 1.61. The molecular formula is C16H16N4OS. The predicted molar refractivity (Wildman–Crippen MR) is 86.3 cm³/mol. The van der Waals surface area contributed by atoms with Gasteiger partial charge in [-0.25, -0.2) is 9.50 Å². The number of carbonyl (C=O) groups is 1. The number of hydrogen-bond acceptors (Lipinski definition) is 5. The van der Waals surface area contributed by atoms with Crippen LogP contribution in [-0.4, -0.2) is 30.6 Å². The SMILES string of the molecule is CCc1ccc(C(=O)C(C)Sc2nc3ncccn3n2)cc1. The highest BCUT2D eigenvalue weighted by atomic mass is 32.2.